The number of hydrogen-bond donors (Lipinski definition) is 1. The van der Waals surface area contributed by atoms with Crippen LogP contribution < -0.4 is 5.32 Å². The summed E-state index contributed by atoms with van der Waals surface area (Å²) in [7, 11) is -4.65. The van der Waals surface area contributed by atoms with Crippen LogP contribution in [0.3, 0.4) is 0 Å². The summed E-state index contributed by atoms with van der Waals surface area (Å²) in [6.45, 7) is 0. The second kappa shape index (κ2) is 6.92. The molecule has 1 aliphatic rings. The Morgan fingerprint density at radius 2 is 1.76 bits per heavy atom. The summed E-state index contributed by atoms with van der Waals surface area (Å²) in [6, 6.07) is 12.4. The number of alkyl halides is 2. The van der Waals surface area contributed by atoms with Crippen LogP contribution in [0.4, 0.5) is 8.78 Å². The molecule has 3 rings (SSSR count). The van der Waals surface area contributed by atoms with E-state index < -0.39 is 20.5 Å². The van der Waals surface area contributed by atoms with Crippen molar-refractivity contribution in [3.63, 3.8) is 0 Å². The second-order valence-electron chi connectivity index (χ2n) is 5.95. The molecule has 4 nitrogen and oxygen atoms in total. The number of rotatable bonds is 4. The van der Waals surface area contributed by atoms with Crippen molar-refractivity contribution in [1.82, 2.24) is 5.32 Å². The number of hydrogen-bond acceptors (Lipinski definition) is 3. The zero-order chi connectivity index (χ0) is 18.0. The van der Waals surface area contributed by atoms with Gasteiger partial charge in [-0.15, -0.1) is 0 Å². The van der Waals surface area contributed by atoms with E-state index in [2.05, 4.69) is 5.32 Å². The third-order valence-electron chi connectivity index (χ3n) is 4.35. The number of fused-ring (bicyclic) bond motifs is 1. The van der Waals surface area contributed by atoms with E-state index in [1.54, 1.807) is 0 Å². The van der Waals surface area contributed by atoms with Crippen molar-refractivity contribution in [3.05, 3.63) is 65.2 Å². The first-order chi connectivity index (χ1) is 11.9. The second-order valence-corrected chi connectivity index (χ2v) is 7.86. The fraction of sp³-hybridized carbons (Fsp3) is 0.278. The highest BCUT2D eigenvalue weighted by atomic mass is 32.2. The Bertz CT molecular complexity index is 879. The van der Waals surface area contributed by atoms with Gasteiger partial charge < -0.3 is 5.32 Å². The van der Waals surface area contributed by atoms with E-state index in [1.165, 1.54) is 17.7 Å². The van der Waals surface area contributed by atoms with E-state index in [1.807, 2.05) is 24.3 Å². The Hall–Kier alpha value is -2.28. The molecule has 0 fully saturated rings. The Morgan fingerprint density at radius 3 is 2.44 bits per heavy atom. The number of aryl methyl sites for hydroxylation is 1. The Morgan fingerprint density at radius 1 is 1.08 bits per heavy atom. The fourth-order valence-corrected chi connectivity index (χ4v) is 3.77. The number of carbonyl (C=O) groups excluding carboxylic acids is 1. The lowest BCUT2D eigenvalue weighted by Gasteiger charge is -2.26. The molecule has 0 bridgehead atoms. The zero-order valence-electron chi connectivity index (χ0n) is 13.3. The largest absolute Gasteiger partial charge is 0.345 e. The van der Waals surface area contributed by atoms with Gasteiger partial charge in [0.1, 0.15) is 0 Å². The fourth-order valence-electron chi connectivity index (χ4n) is 3.04. The molecular formula is C18H17F2NO3S. The molecule has 1 N–H and O–H groups in total. The van der Waals surface area contributed by atoms with Crippen molar-refractivity contribution in [2.75, 3.05) is 0 Å². The molecule has 0 aromatic heterocycles. The minimum absolute atomic E-state index is 0.109. The minimum atomic E-state index is -4.65. The number of halogens is 2. The average molecular weight is 365 g/mol. The molecule has 25 heavy (non-hydrogen) atoms. The van der Waals surface area contributed by atoms with E-state index in [0.29, 0.717) is 0 Å². The lowest BCUT2D eigenvalue weighted by atomic mass is 9.87. The number of sulfone groups is 1. The molecule has 132 valence electrons. The van der Waals surface area contributed by atoms with Gasteiger partial charge in [-0.2, -0.15) is 8.78 Å². The van der Waals surface area contributed by atoms with Crippen LogP contribution in [-0.4, -0.2) is 20.1 Å². The third kappa shape index (κ3) is 3.56. The van der Waals surface area contributed by atoms with Crippen LogP contribution in [0, 0.1) is 0 Å². The summed E-state index contributed by atoms with van der Waals surface area (Å²) in [5, 5.41) is 2.94. The zero-order valence-corrected chi connectivity index (χ0v) is 14.1. The van der Waals surface area contributed by atoms with E-state index >= 15 is 0 Å². The summed E-state index contributed by atoms with van der Waals surface area (Å²) < 4.78 is 47.9. The third-order valence-corrected chi connectivity index (χ3v) is 5.75. The van der Waals surface area contributed by atoms with Gasteiger partial charge in [-0.25, -0.2) is 8.42 Å². The molecular weight excluding hydrogens is 348 g/mol. The van der Waals surface area contributed by atoms with Crippen molar-refractivity contribution in [2.45, 2.75) is 36.0 Å². The summed E-state index contributed by atoms with van der Waals surface area (Å²) in [4.78, 5) is 11.9. The molecule has 2 aromatic rings. The number of benzene rings is 2. The molecule has 2 aromatic carbocycles. The normalized spacial score (nSPS) is 17.2. The van der Waals surface area contributed by atoms with Crippen LogP contribution >= 0.6 is 0 Å². The summed E-state index contributed by atoms with van der Waals surface area (Å²) in [5.41, 5.74) is 2.52. The Labute approximate surface area is 144 Å². The van der Waals surface area contributed by atoms with Gasteiger partial charge in [0.15, 0.2) is 0 Å². The lowest BCUT2D eigenvalue weighted by Crippen LogP contribution is -2.31. The van der Waals surface area contributed by atoms with Crippen LogP contribution in [0.15, 0.2) is 53.4 Å². The first-order valence-electron chi connectivity index (χ1n) is 7.90. The number of nitrogens with one attached hydrogen (secondary N) is 1. The Kier molecular flexibility index (Phi) is 4.85. The van der Waals surface area contributed by atoms with Crippen LogP contribution in [-0.2, 0) is 16.3 Å². The molecule has 0 heterocycles. The highest BCUT2D eigenvalue weighted by molar-refractivity contribution is 7.91. The SMILES string of the molecule is O=C(NC1CCCc2ccccc21)c1ccc(S(=O)(=O)C(F)F)cc1. The molecule has 1 amide bonds. The van der Waals surface area contributed by atoms with Gasteiger partial charge >= 0.3 is 5.76 Å². The minimum Gasteiger partial charge on any atom is -0.345 e. The highest BCUT2D eigenvalue weighted by Crippen LogP contribution is 2.29. The van der Waals surface area contributed by atoms with Gasteiger partial charge in [0.05, 0.1) is 10.9 Å². The van der Waals surface area contributed by atoms with Crippen molar-refractivity contribution < 1.29 is 22.0 Å². The monoisotopic (exact) mass is 365 g/mol. The maximum atomic E-state index is 12.5. The van der Waals surface area contributed by atoms with Crippen LogP contribution in [0.1, 0.15) is 40.4 Å². The van der Waals surface area contributed by atoms with E-state index in [4.69, 9.17) is 0 Å². The van der Waals surface area contributed by atoms with Crippen molar-refractivity contribution >= 4 is 15.7 Å². The van der Waals surface area contributed by atoms with Gasteiger partial charge in [0, 0.05) is 5.56 Å². The molecule has 0 spiro atoms. The van der Waals surface area contributed by atoms with Gasteiger partial charge in [0.25, 0.3) is 5.91 Å². The quantitative estimate of drug-likeness (QED) is 0.902. The first kappa shape index (κ1) is 17.5. The van der Waals surface area contributed by atoms with Crippen molar-refractivity contribution in [1.29, 1.82) is 0 Å². The highest BCUT2D eigenvalue weighted by Gasteiger charge is 2.27. The molecule has 1 aliphatic carbocycles. The number of amides is 1. The maximum absolute atomic E-state index is 12.5. The summed E-state index contributed by atoms with van der Waals surface area (Å²) in [6.07, 6.45) is 2.76. The van der Waals surface area contributed by atoms with Crippen molar-refractivity contribution in [3.8, 4) is 0 Å². The molecule has 0 saturated heterocycles. The van der Waals surface area contributed by atoms with Crippen LogP contribution in [0.2, 0.25) is 0 Å². The first-order valence-corrected chi connectivity index (χ1v) is 9.45. The summed E-state index contributed by atoms with van der Waals surface area (Å²) in [5.74, 6) is -3.84. The van der Waals surface area contributed by atoms with Gasteiger partial charge in [-0.05, 0) is 54.7 Å². The molecule has 0 radical (unpaired) electrons. The number of carbonyl (C=O) groups is 1. The Balaban J connectivity index is 1.77. The molecule has 0 saturated carbocycles. The smallest absolute Gasteiger partial charge is 0.341 e. The maximum Gasteiger partial charge on any atom is 0.341 e. The lowest BCUT2D eigenvalue weighted by molar-refractivity contribution is 0.0932. The molecule has 1 atom stereocenters. The average Bonchev–Trinajstić information content (AvgIpc) is 2.62. The molecule has 7 heteroatoms. The van der Waals surface area contributed by atoms with E-state index in [0.717, 1.165) is 37.0 Å². The van der Waals surface area contributed by atoms with E-state index in [-0.39, 0.29) is 17.5 Å². The van der Waals surface area contributed by atoms with Crippen LogP contribution in [0.25, 0.3) is 0 Å². The topological polar surface area (TPSA) is 63.2 Å². The predicted octanol–water partition coefficient (Wildman–Crippen LogP) is 3.49. The van der Waals surface area contributed by atoms with Crippen molar-refractivity contribution in [2.24, 2.45) is 0 Å². The molecule has 1 unspecified atom stereocenters. The van der Waals surface area contributed by atoms with Gasteiger partial charge in [-0.3, -0.25) is 4.79 Å². The van der Waals surface area contributed by atoms with Crippen LogP contribution in [0.5, 0.6) is 0 Å². The standard InChI is InChI=1S/C18H17F2NO3S/c19-18(20)25(23,24)14-10-8-13(9-11-14)17(22)21-16-7-3-5-12-4-1-2-6-15(12)16/h1-2,4,6,8-11,16,18H,3,5,7H2,(H,21,22). The van der Waals surface area contributed by atoms with Gasteiger partial charge in [-0.1, -0.05) is 24.3 Å². The predicted molar refractivity (Wildman–Crippen MR) is 89.2 cm³/mol. The van der Waals surface area contributed by atoms with Gasteiger partial charge in [0.2, 0.25) is 9.84 Å². The summed E-state index contributed by atoms with van der Waals surface area (Å²) >= 11 is 0. The van der Waals surface area contributed by atoms with E-state index in [9.17, 15) is 22.0 Å². The molecule has 0 aliphatic heterocycles.